The maximum Gasteiger partial charge on any atom is 0.255 e. The van der Waals surface area contributed by atoms with Gasteiger partial charge in [-0.15, -0.1) is 6.58 Å². The van der Waals surface area contributed by atoms with Gasteiger partial charge in [0.1, 0.15) is 5.58 Å². The quantitative estimate of drug-likeness (QED) is 0.332. The second kappa shape index (κ2) is 13.6. The van der Waals surface area contributed by atoms with E-state index in [4.69, 9.17) is 4.42 Å². The topological polar surface area (TPSA) is 45.5 Å². The number of furan rings is 1. The van der Waals surface area contributed by atoms with Gasteiger partial charge in [0.2, 0.25) is 0 Å². The Morgan fingerprint density at radius 1 is 1.13 bits per heavy atom. The minimum Gasteiger partial charge on any atom is -0.464 e. The van der Waals surface area contributed by atoms with Gasteiger partial charge in [-0.05, 0) is 74.2 Å². The van der Waals surface area contributed by atoms with Crippen molar-refractivity contribution in [3.05, 3.63) is 73.0 Å². The Hall–Kier alpha value is -2.66. The number of unbranched alkanes of at least 4 members (excludes halogenated alkanes) is 1. The number of benzene rings is 2. The van der Waals surface area contributed by atoms with E-state index in [9.17, 15) is 4.79 Å². The Bertz CT molecular complexity index is 926. The second-order valence-electron chi connectivity index (χ2n) is 7.22. The first-order valence-electron chi connectivity index (χ1n) is 11.0. The molecule has 2 heterocycles. The van der Waals surface area contributed by atoms with E-state index in [1.54, 1.807) is 12.3 Å². The fraction of sp³-hybridized carbons (Fsp3) is 0.346. The van der Waals surface area contributed by atoms with Crippen LogP contribution in [0.25, 0.3) is 11.0 Å². The highest BCUT2D eigenvalue weighted by Gasteiger charge is 2.13. The highest BCUT2D eigenvalue weighted by atomic mass is 32.2. The zero-order valence-corrected chi connectivity index (χ0v) is 19.7. The molecule has 0 aliphatic carbocycles. The third-order valence-electron chi connectivity index (χ3n) is 4.63. The fourth-order valence-electron chi connectivity index (χ4n) is 2.82. The first kappa shape index (κ1) is 24.6. The van der Waals surface area contributed by atoms with Crippen LogP contribution >= 0.6 is 11.9 Å². The lowest BCUT2D eigenvalue weighted by Crippen LogP contribution is -2.21. The van der Waals surface area contributed by atoms with Gasteiger partial charge in [0.15, 0.2) is 0 Å². The largest absolute Gasteiger partial charge is 0.464 e. The smallest absolute Gasteiger partial charge is 0.255 e. The zero-order chi connectivity index (χ0) is 22.5. The number of allylic oxidation sites excluding steroid dienone is 1. The number of amides is 1. The summed E-state index contributed by atoms with van der Waals surface area (Å²) in [7, 11) is 0. The van der Waals surface area contributed by atoms with E-state index in [1.165, 1.54) is 25.7 Å². The van der Waals surface area contributed by atoms with Gasteiger partial charge in [-0.25, -0.2) is 0 Å². The molecule has 1 amide bonds. The molecule has 1 aliphatic heterocycles. The Balaban J connectivity index is 0.000000431. The van der Waals surface area contributed by atoms with Crippen molar-refractivity contribution >= 4 is 40.2 Å². The van der Waals surface area contributed by atoms with Crippen molar-refractivity contribution in [3.8, 4) is 0 Å². The molecule has 0 bridgehead atoms. The number of carbonyl (C=O) groups excluding carboxylic acids is 1. The van der Waals surface area contributed by atoms with E-state index in [1.807, 2.05) is 67.4 Å². The third kappa shape index (κ3) is 7.83. The van der Waals surface area contributed by atoms with Crippen molar-refractivity contribution in [2.24, 2.45) is 0 Å². The van der Waals surface area contributed by atoms with Crippen LogP contribution in [0.1, 0.15) is 56.8 Å². The molecule has 1 fully saturated rings. The minimum atomic E-state index is -0.112. The van der Waals surface area contributed by atoms with Crippen LogP contribution in [0.3, 0.4) is 0 Å². The number of rotatable bonds is 4. The average molecular weight is 439 g/mol. The van der Waals surface area contributed by atoms with Crippen molar-refractivity contribution in [2.45, 2.75) is 46.5 Å². The fourth-order valence-corrected chi connectivity index (χ4v) is 3.90. The Morgan fingerprint density at radius 2 is 1.84 bits per heavy atom. The summed E-state index contributed by atoms with van der Waals surface area (Å²) in [5.74, 6) is 1.05. The molecule has 4 nitrogen and oxygen atoms in total. The molecular formula is C26H34N2O2S. The first-order valence-corrected chi connectivity index (χ1v) is 11.9. The average Bonchev–Trinajstić information content (AvgIpc) is 3.28. The van der Waals surface area contributed by atoms with Crippen LogP contribution in [-0.2, 0) is 0 Å². The summed E-state index contributed by atoms with van der Waals surface area (Å²) in [4.78, 5) is 12.4. The molecule has 0 radical (unpaired) electrons. The molecule has 1 aromatic heterocycles. The molecule has 0 spiro atoms. The van der Waals surface area contributed by atoms with Crippen LogP contribution in [0.2, 0.25) is 0 Å². The molecule has 5 heteroatoms. The van der Waals surface area contributed by atoms with Gasteiger partial charge >= 0.3 is 0 Å². The van der Waals surface area contributed by atoms with Crippen LogP contribution in [-0.4, -0.2) is 18.2 Å². The summed E-state index contributed by atoms with van der Waals surface area (Å²) in [6.07, 6.45) is 8.54. The monoisotopic (exact) mass is 438 g/mol. The Labute approximate surface area is 190 Å². The lowest BCUT2D eigenvalue weighted by molar-refractivity contribution is 0.102. The van der Waals surface area contributed by atoms with Gasteiger partial charge in [0, 0.05) is 40.7 Å². The van der Waals surface area contributed by atoms with Crippen LogP contribution in [0.5, 0.6) is 0 Å². The number of carbonyl (C=O) groups is 1. The lowest BCUT2D eigenvalue weighted by atomic mass is 10.1. The highest BCUT2D eigenvalue weighted by Crippen LogP contribution is 2.28. The molecular weight excluding hydrogens is 404 g/mol. The molecule has 0 saturated carbocycles. The van der Waals surface area contributed by atoms with Crippen LogP contribution < -0.4 is 9.62 Å². The van der Waals surface area contributed by atoms with E-state index in [0.29, 0.717) is 5.56 Å². The molecule has 0 atom stereocenters. The second-order valence-corrected chi connectivity index (χ2v) is 8.33. The van der Waals surface area contributed by atoms with Gasteiger partial charge in [-0.1, -0.05) is 32.8 Å². The van der Waals surface area contributed by atoms with Crippen LogP contribution in [0.4, 0.5) is 11.4 Å². The van der Waals surface area contributed by atoms with E-state index in [-0.39, 0.29) is 5.91 Å². The number of hydrogen-bond donors (Lipinski definition) is 1. The Kier molecular flexibility index (Phi) is 10.8. The molecule has 3 aromatic rings. The molecule has 31 heavy (non-hydrogen) atoms. The van der Waals surface area contributed by atoms with Crippen molar-refractivity contribution in [3.63, 3.8) is 0 Å². The van der Waals surface area contributed by atoms with Gasteiger partial charge in [0.25, 0.3) is 5.91 Å². The van der Waals surface area contributed by atoms with Crippen LogP contribution in [0, 0.1) is 0 Å². The predicted molar refractivity (Wildman–Crippen MR) is 136 cm³/mol. The van der Waals surface area contributed by atoms with Gasteiger partial charge in [-0.2, -0.15) is 0 Å². The summed E-state index contributed by atoms with van der Waals surface area (Å²) in [6, 6.07) is 15.4. The maximum absolute atomic E-state index is 12.4. The summed E-state index contributed by atoms with van der Waals surface area (Å²) in [5, 5.41) is 3.95. The SMILES string of the molecule is C=CC.CCCC.O=C(Nc1ccc2ccoc2c1)c1ccc(N2CCCCS2)cc1. The van der Waals surface area contributed by atoms with Gasteiger partial charge in [-0.3, -0.25) is 4.79 Å². The van der Waals surface area contributed by atoms with Crippen molar-refractivity contribution in [2.75, 3.05) is 21.9 Å². The van der Waals surface area contributed by atoms with Crippen molar-refractivity contribution in [1.82, 2.24) is 0 Å². The first-order chi connectivity index (χ1) is 15.1. The number of anilines is 2. The summed E-state index contributed by atoms with van der Waals surface area (Å²) in [6.45, 7) is 10.7. The minimum absolute atomic E-state index is 0.112. The normalized spacial score (nSPS) is 12.8. The number of nitrogens with zero attached hydrogens (tertiary/aromatic N) is 1. The molecule has 4 rings (SSSR count). The molecule has 1 N–H and O–H groups in total. The highest BCUT2D eigenvalue weighted by molar-refractivity contribution is 8.00. The van der Waals surface area contributed by atoms with E-state index < -0.39 is 0 Å². The van der Waals surface area contributed by atoms with Crippen LogP contribution in [0.15, 0.2) is 71.9 Å². The Morgan fingerprint density at radius 3 is 2.45 bits per heavy atom. The van der Waals surface area contributed by atoms with Gasteiger partial charge < -0.3 is 14.0 Å². The van der Waals surface area contributed by atoms with E-state index >= 15 is 0 Å². The predicted octanol–water partition coefficient (Wildman–Crippen LogP) is 7.93. The van der Waals surface area contributed by atoms with Crippen molar-refractivity contribution < 1.29 is 9.21 Å². The molecule has 166 valence electrons. The standard InChI is InChI=1S/C19H18N2O2S.C4H10.C3H6/c22-19(20-16-6-3-14-9-11-23-18(14)13-16)15-4-7-17(8-5-15)21-10-1-2-12-24-21;1-3-4-2;1-3-2/h3-9,11,13H,1-2,10,12H2,(H,20,22);3-4H2,1-2H3;3H,1H2,2H3. The summed E-state index contributed by atoms with van der Waals surface area (Å²) >= 11 is 1.86. The lowest BCUT2D eigenvalue weighted by Gasteiger charge is -2.27. The number of nitrogens with one attached hydrogen (secondary N) is 1. The molecule has 1 aliphatic rings. The summed E-state index contributed by atoms with van der Waals surface area (Å²) < 4.78 is 7.67. The third-order valence-corrected chi connectivity index (χ3v) is 5.81. The number of fused-ring (bicyclic) bond motifs is 1. The summed E-state index contributed by atoms with van der Waals surface area (Å²) in [5.41, 5.74) is 3.32. The zero-order valence-electron chi connectivity index (χ0n) is 18.9. The maximum atomic E-state index is 12.4. The van der Waals surface area contributed by atoms with Crippen molar-refractivity contribution in [1.29, 1.82) is 0 Å². The van der Waals surface area contributed by atoms with E-state index in [0.717, 1.165) is 34.6 Å². The molecule has 0 unspecified atom stereocenters. The van der Waals surface area contributed by atoms with E-state index in [2.05, 4.69) is 30.0 Å². The van der Waals surface area contributed by atoms with Gasteiger partial charge in [0.05, 0.1) is 6.26 Å². The molecule has 2 aromatic carbocycles. The molecule has 1 saturated heterocycles. The number of hydrogen-bond acceptors (Lipinski definition) is 4.